The second kappa shape index (κ2) is 13.7. The van der Waals surface area contributed by atoms with Crippen LogP contribution in [0.2, 0.25) is 0 Å². The van der Waals surface area contributed by atoms with Crippen LogP contribution in [0.25, 0.3) is 0 Å². The van der Waals surface area contributed by atoms with E-state index in [2.05, 4.69) is 33.8 Å². The highest BCUT2D eigenvalue weighted by molar-refractivity contribution is 14.0. The van der Waals surface area contributed by atoms with E-state index in [1.165, 1.54) is 18.6 Å². The number of hydrogen-bond donors (Lipinski definition) is 2. The van der Waals surface area contributed by atoms with E-state index in [0.717, 1.165) is 30.6 Å². The molecule has 2 N–H and O–H groups in total. The Kier molecular flexibility index (Phi) is 13.3. The van der Waals surface area contributed by atoms with Gasteiger partial charge in [-0.3, -0.25) is 0 Å². The first-order valence-electron chi connectivity index (χ1n) is 7.81. The first kappa shape index (κ1) is 22.3. The summed E-state index contributed by atoms with van der Waals surface area (Å²) in [5, 5.41) is 6.66. The Morgan fingerprint density at radius 3 is 2.70 bits per heavy atom. The number of aliphatic imine (C=N–C) groups is 1. The van der Waals surface area contributed by atoms with Crippen molar-refractivity contribution in [2.75, 3.05) is 44.1 Å². The highest BCUT2D eigenvalue weighted by Crippen LogP contribution is 2.08. The molecule has 0 saturated carbocycles. The molecular weight excluding hydrogens is 421 g/mol. The average molecular weight is 451 g/mol. The molecule has 0 atom stereocenters. The van der Waals surface area contributed by atoms with E-state index in [0.29, 0.717) is 6.54 Å². The Morgan fingerprint density at radius 2 is 2.04 bits per heavy atom. The molecule has 0 radical (unpaired) electrons. The van der Waals surface area contributed by atoms with Gasteiger partial charge in [0.2, 0.25) is 0 Å². The molecule has 1 aromatic heterocycles. The SMILES string of the molecule is CCNC(=NCc1cccc(N(C)C)n1)NCCCCSC.I. The third kappa shape index (κ3) is 9.91. The first-order chi connectivity index (χ1) is 10.7. The van der Waals surface area contributed by atoms with Crippen LogP contribution < -0.4 is 15.5 Å². The summed E-state index contributed by atoms with van der Waals surface area (Å²) in [7, 11) is 3.99. The van der Waals surface area contributed by atoms with Gasteiger partial charge >= 0.3 is 0 Å². The maximum Gasteiger partial charge on any atom is 0.191 e. The lowest BCUT2D eigenvalue weighted by molar-refractivity contribution is 0.733. The van der Waals surface area contributed by atoms with Crippen LogP contribution in [0.5, 0.6) is 0 Å². The van der Waals surface area contributed by atoms with Gasteiger partial charge in [0.25, 0.3) is 0 Å². The molecule has 0 spiro atoms. The predicted octanol–water partition coefficient (Wildman–Crippen LogP) is 2.96. The van der Waals surface area contributed by atoms with Crippen molar-refractivity contribution in [3.05, 3.63) is 23.9 Å². The lowest BCUT2D eigenvalue weighted by Crippen LogP contribution is -2.37. The zero-order valence-electron chi connectivity index (χ0n) is 14.6. The van der Waals surface area contributed by atoms with E-state index in [4.69, 9.17) is 0 Å². The van der Waals surface area contributed by atoms with E-state index in [1.54, 1.807) is 0 Å². The second-order valence-electron chi connectivity index (χ2n) is 5.20. The van der Waals surface area contributed by atoms with Gasteiger partial charge in [-0.05, 0) is 43.9 Å². The van der Waals surface area contributed by atoms with E-state index >= 15 is 0 Å². The topological polar surface area (TPSA) is 52.6 Å². The van der Waals surface area contributed by atoms with Crippen molar-refractivity contribution in [1.82, 2.24) is 15.6 Å². The number of anilines is 1. The zero-order valence-corrected chi connectivity index (χ0v) is 17.8. The van der Waals surface area contributed by atoms with Gasteiger partial charge in [-0.25, -0.2) is 9.98 Å². The van der Waals surface area contributed by atoms with Crippen LogP contribution in [0, 0.1) is 0 Å². The highest BCUT2D eigenvalue weighted by Gasteiger charge is 2.01. The largest absolute Gasteiger partial charge is 0.363 e. The second-order valence-corrected chi connectivity index (χ2v) is 6.19. The van der Waals surface area contributed by atoms with Gasteiger partial charge < -0.3 is 15.5 Å². The van der Waals surface area contributed by atoms with Crippen molar-refractivity contribution >= 4 is 47.5 Å². The van der Waals surface area contributed by atoms with E-state index < -0.39 is 0 Å². The number of halogens is 1. The molecule has 132 valence electrons. The van der Waals surface area contributed by atoms with Crippen LogP contribution in [0.1, 0.15) is 25.5 Å². The Morgan fingerprint density at radius 1 is 1.26 bits per heavy atom. The van der Waals surface area contributed by atoms with Gasteiger partial charge in [-0.2, -0.15) is 11.8 Å². The van der Waals surface area contributed by atoms with Crippen molar-refractivity contribution < 1.29 is 0 Å². The summed E-state index contributed by atoms with van der Waals surface area (Å²) < 4.78 is 0. The molecule has 0 amide bonds. The molecule has 0 aromatic carbocycles. The normalized spacial score (nSPS) is 10.9. The van der Waals surface area contributed by atoms with Crippen LogP contribution in [0.4, 0.5) is 5.82 Å². The quantitative estimate of drug-likeness (QED) is 0.262. The third-order valence-corrected chi connectivity index (χ3v) is 3.76. The summed E-state index contributed by atoms with van der Waals surface area (Å²) in [6.45, 7) is 4.48. The summed E-state index contributed by atoms with van der Waals surface area (Å²) in [5.74, 6) is 3.04. The van der Waals surface area contributed by atoms with E-state index in [1.807, 2.05) is 49.0 Å². The van der Waals surface area contributed by atoms with Crippen LogP contribution in [-0.4, -0.2) is 50.1 Å². The number of rotatable bonds is 9. The number of nitrogens with one attached hydrogen (secondary N) is 2. The average Bonchev–Trinajstić information content (AvgIpc) is 2.52. The fraction of sp³-hybridized carbons (Fsp3) is 0.625. The smallest absolute Gasteiger partial charge is 0.191 e. The van der Waals surface area contributed by atoms with Gasteiger partial charge in [-0.1, -0.05) is 6.07 Å². The van der Waals surface area contributed by atoms with Gasteiger partial charge in [-0.15, -0.1) is 24.0 Å². The van der Waals surface area contributed by atoms with Gasteiger partial charge in [0.1, 0.15) is 5.82 Å². The molecule has 1 aromatic rings. The van der Waals surface area contributed by atoms with Gasteiger partial charge in [0, 0.05) is 27.2 Å². The fourth-order valence-electron chi connectivity index (χ4n) is 1.88. The van der Waals surface area contributed by atoms with E-state index in [-0.39, 0.29) is 24.0 Å². The van der Waals surface area contributed by atoms with Crippen molar-refractivity contribution in [1.29, 1.82) is 0 Å². The monoisotopic (exact) mass is 451 g/mol. The standard InChI is InChI=1S/C16H29N5S.HI/c1-5-17-16(18-11-6-7-12-22-4)19-13-14-9-8-10-15(20-14)21(2)3;/h8-10H,5-7,11-13H2,1-4H3,(H2,17,18,19);1H. The molecular formula is C16H30IN5S. The lowest BCUT2D eigenvalue weighted by Gasteiger charge is -2.13. The summed E-state index contributed by atoms with van der Waals surface area (Å²) in [6.07, 6.45) is 4.55. The number of thioether (sulfide) groups is 1. The molecule has 0 aliphatic heterocycles. The van der Waals surface area contributed by atoms with Crippen LogP contribution in [0.15, 0.2) is 23.2 Å². The molecule has 5 nitrogen and oxygen atoms in total. The van der Waals surface area contributed by atoms with Crippen LogP contribution in [0.3, 0.4) is 0 Å². The number of pyridine rings is 1. The fourth-order valence-corrected chi connectivity index (χ4v) is 2.38. The minimum absolute atomic E-state index is 0. The first-order valence-corrected chi connectivity index (χ1v) is 9.21. The van der Waals surface area contributed by atoms with Crippen molar-refractivity contribution in [3.63, 3.8) is 0 Å². The van der Waals surface area contributed by atoms with Crippen molar-refractivity contribution in [2.24, 2.45) is 4.99 Å². The number of unbranched alkanes of at least 4 members (excludes halogenated alkanes) is 1. The Bertz CT molecular complexity index is 454. The maximum absolute atomic E-state index is 4.61. The Hall–Kier alpha value is -0.700. The Labute approximate surface area is 162 Å². The number of nitrogens with zero attached hydrogens (tertiary/aromatic N) is 3. The molecule has 0 aliphatic rings. The Balaban J connectivity index is 0.00000484. The van der Waals surface area contributed by atoms with E-state index in [9.17, 15) is 0 Å². The minimum Gasteiger partial charge on any atom is -0.363 e. The predicted molar refractivity (Wildman–Crippen MR) is 114 cm³/mol. The number of aromatic nitrogens is 1. The number of hydrogen-bond acceptors (Lipinski definition) is 4. The summed E-state index contributed by atoms with van der Waals surface area (Å²) in [6, 6.07) is 6.04. The molecule has 0 aliphatic carbocycles. The van der Waals surface area contributed by atoms with Crippen molar-refractivity contribution in [2.45, 2.75) is 26.3 Å². The van der Waals surface area contributed by atoms with Crippen LogP contribution >= 0.6 is 35.7 Å². The molecule has 0 saturated heterocycles. The molecule has 0 bridgehead atoms. The van der Waals surface area contributed by atoms with Gasteiger partial charge in [0.15, 0.2) is 5.96 Å². The molecule has 1 rings (SSSR count). The summed E-state index contributed by atoms with van der Waals surface area (Å²) in [4.78, 5) is 11.2. The van der Waals surface area contributed by atoms with Gasteiger partial charge in [0.05, 0.1) is 12.2 Å². The highest BCUT2D eigenvalue weighted by atomic mass is 127. The van der Waals surface area contributed by atoms with Crippen LogP contribution in [-0.2, 0) is 6.54 Å². The molecule has 23 heavy (non-hydrogen) atoms. The lowest BCUT2D eigenvalue weighted by atomic mass is 10.3. The molecule has 0 fully saturated rings. The van der Waals surface area contributed by atoms with Crippen molar-refractivity contribution in [3.8, 4) is 0 Å². The molecule has 7 heteroatoms. The summed E-state index contributed by atoms with van der Waals surface area (Å²) >= 11 is 1.90. The molecule has 1 heterocycles. The minimum atomic E-state index is 0. The summed E-state index contributed by atoms with van der Waals surface area (Å²) in [5.41, 5.74) is 0.978. The zero-order chi connectivity index (χ0) is 16.2. The third-order valence-electron chi connectivity index (χ3n) is 3.06. The molecule has 0 unspecified atom stereocenters. The number of guanidine groups is 1. The maximum atomic E-state index is 4.61.